The quantitative estimate of drug-likeness (QED) is 0.435. The maximum atomic E-state index is 13.9. The van der Waals surface area contributed by atoms with Crippen LogP contribution in [0.4, 0.5) is 14.5 Å². The van der Waals surface area contributed by atoms with Gasteiger partial charge in [0.2, 0.25) is 5.96 Å². The van der Waals surface area contributed by atoms with Gasteiger partial charge in [-0.2, -0.15) is 0 Å². The van der Waals surface area contributed by atoms with Crippen LogP contribution in [-0.2, 0) is 11.8 Å². The van der Waals surface area contributed by atoms with E-state index < -0.39 is 23.9 Å². The molecule has 1 aromatic carbocycles. The number of hydrogen-bond donors (Lipinski definition) is 6. The second-order valence-corrected chi connectivity index (χ2v) is 7.54. The lowest BCUT2D eigenvalue weighted by Gasteiger charge is -2.34. The van der Waals surface area contributed by atoms with Gasteiger partial charge in [-0.3, -0.25) is 15.6 Å². The molecular weight excluding hydrogens is 394 g/mol. The van der Waals surface area contributed by atoms with Crippen molar-refractivity contribution in [2.45, 2.75) is 37.3 Å². The first-order valence-corrected chi connectivity index (χ1v) is 9.61. The summed E-state index contributed by atoms with van der Waals surface area (Å²) in [6.07, 6.45) is 2.48. The molecule has 0 saturated heterocycles. The Morgan fingerprint density at radius 2 is 2.13 bits per heavy atom. The molecule has 2 atom stereocenters. The van der Waals surface area contributed by atoms with E-state index >= 15 is 0 Å². The first-order chi connectivity index (χ1) is 14.2. The van der Waals surface area contributed by atoms with Crippen LogP contribution in [0.15, 0.2) is 47.0 Å². The van der Waals surface area contributed by atoms with Crippen LogP contribution < -0.4 is 33.0 Å². The fraction of sp³-hybridized carbons (Fsp3) is 0.368. The number of rotatable bonds is 4. The number of fused-ring (bicyclic) bond motifs is 1. The fourth-order valence-electron chi connectivity index (χ4n) is 3.71. The highest BCUT2D eigenvalue weighted by molar-refractivity contribution is 5.96. The largest absolute Gasteiger partial charge is 0.364 e. The summed E-state index contributed by atoms with van der Waals surface area (Å²) in [6, 6.07) is 5.56. The van der Waals surface area contributed by atoms with E-state index in [-0.39, 0.29) is 23.9 Å². The number of aryl methyl sites for hydroxylation is 1. The predicted octanol–water partition coefficient (Wildman–Crippen LogP) is 0.813. The molecule has 2 aliphatic rings. The summed E-state index contributed by atoms with van der Waals surface area (Å²) < 4.78 is 29.8. The van der Waals surface area contributed by atoms with E-state index in [0.717, 1.165) is 10.9 Å². The molecule has 0 unspecified atom stereocenters. The molecule has 4 rings (SSSR count). The molecule has 2 aromatic rings. The molecule has 9 nitrogen and oxygen atoms in total. The molecule has 160 valence electrons. The lowest BCUT2D eigenvalue weighted by atomic mass is 9.88. The molecule has 1 aliphatic heterocycles. The van der Waals surface area contributed by atoms with Crippen molar-refractivity contribution in [3.05, 3.63) is 42.0 Å². The summed E-state index contributed by atoms with van der Waals surface area (Å²) in [5.74, 6) is -3.25. The monoisotopic (exact) mass is 418 g/mol. The minimum atomic E-state index is -2.96. The van der Waals surface area contributed by atoms with Crippen LogP contribution in [0, 0.1) is 0 Å². The van der Waals surface area contributed by atoms with Gasteiger partial charge in [0, 0.05) is 30.9 Å². The van der Waals surface area contributed by atoms with Gasteiger partial charge in [0.1, 0.15) is 5.82 Å². The van der Waals surface area contributed by atoms with Crippen LogP contribution in [0.3, 0.4) is 0 Å². The van der Waals surface area contributed by atoms with Gasteiger partial charge in [-0.1, -0.05) is 6.07 Å². The van der Waals surface area contributed by atoms with Crippen molar-refractivity contribution in [1.29, 1.82) is 0 Å². The zero-order chi connectivity index (χ0) is 21.5. The number of hydrogen-bond acceptors (Lipinski definition) is 5. The number of hydrazine groups is 1. The average Bonchev–Trinajstić information content (AvgIpc) is 3.06. The number of amides is 1. The highest BCUT2D eigenvalue weighted by atomic mass is 19.3. The summed E-state index contributed by atoms with van der Waals surface area (Å²) in [6.45, 7) is 0. The number of aliphatic imine (C=N–C) groups is 1. The van der Waals surface area contributed by atoms with Crippen LogP contribution >= 0.6 is 0 Å². The Kier molecular flexibility index (Phi) is 4.98. The van der Waals surface area contributed by atoms with Gasteiger partial charge >= 0.3 is 0 Å². The van der Waals surface area contributed by atoms with Crippen LogP contribution in [0.25, 0.3) is 10.9 Å². The van der Waals surface area contributed by atoms with Crippen LogP contribution in [0.1, 0.15) is 19.3 Å². The van der Waals surface area contributed by atoms with Crippen molar-refractivity contribution < 1.29 is 13.6 Å². The second kappa shape index (κ2) is 7.48. The second-order valence-electron chi connectivity index (χ2n) is 7.54. The Hall–Kier alpha value is -3.34. The third kappa shape index (κ3) is 3.75. The molecule has 1 aromatic heterocycles. The molecule has 1 aliphatic carbocycles. The molecular formula is C19H24F2N8O. The highest BCUT2D eigenvalue weighted by Crippen LogP contribution is 2.33. The number of aromatic nitrogens is 1. The zero-order valence-electron chi connectivity index (χ0n) is 16.4. The summed E-state index contributed by atoms with van der Waals surface area (Å²) in [5.41, 5.74) is 18.3. The third-order valence-electron chi connectivity index (χ3n) is 5.41. The molecule has 11 heteroatoms. The topological polar surface area (TPSA) is 135 Å². The minimum Gasteiger partial charge on any atom is -0.364 e. The van der Waals surface area contributed by atoms with Crippen LogP contribution in [0.5, 0.6) is 0 Å². The fourth-order valence-corrected chi connectivity index (χ4v) is 3.71. The molecule has 2 heterocycles. The molecule has 1 amide bonds. The van der Waals surface area contributed by atoms with Gasteiger partial charge in [-0.15, -0.1) is 0 Å². The number of benzene rings is 1. The number of nitrogens with two attached hydrogens (primary N) is 2. The smallest absolute Gasteiger partial charge is 0.270 e. The first-order valence-electron chi connectivity index (χ1n) is 9.61. The van der Waals surface area contributed by atoms with E-state index in [9.17, 15) is 13.6 Å². The number of alkyl halides is 2. The Bertz CT molecular complexity index is 1040. The van der Waals surface area contributed by atoms with Gasteiger partial charge in [0.15, 0.2) is 5.70 Å². The SMILES string of the molecule is Cn1ccc2ccc(NC3=C(C(N)=O)NNC(=N[C@@H]4CCCC(F)(F)[C@@H]4N)N3)cc21. The van der Waals surface area contributed by atoms with Crippen molar-refractivity contribution in [3.63, 3.8) is 0 Å². The van der Waals surface area contributed by atoms with Crippen molar-refractivity contribution >= 4 is 28.5 Å². The van der Waals surface area contributed by atoms with E-state index in [1.807, 2.05) is 42.1 Å². The summed E-state index contributed by atoms with van der Waals surface area (Å²) in [4.78, 5) is 16.1. The molecule has 1 saturated carbocycles. The molecule has 1 fully saturated rings. The normalized spacial score (nSPS) is 24.9. The third-order valence-corrected chi connectivity index (χ3v) is 5.41. The molecule has 0 radical (unpaired) electrons. The number of carbonyl (C=O) groups is 1. The number of halogens is 2. The van der Waals surface area contributed by atoms with Gasteiger partial charge in [0.05, 0.1) is 12.1 Å². The number of nitrogens with one attached hydrogen (secondary N) is 4. The van der Waals surface area contributed by atoms with E-state index in [1.165, 1.54) is 0 Å². The maximum Gasteiger partial charge on any atom is 0.270 e. The van der Waals surface area contributed by atoms with Gasteiger partial charge < -0.3 is 26.7 Å². The lowest BCUT2D eigenvalue weighted by Crippen LogP contribution is -2.57. The molecule has 8 N–H and O–H groups in total. The maximum absolute atomic E-state index is 13.9. The zero-order valence-corrected chi connectivity index (χ0v) is 16.4. The number of guanidine groups is 1. The predicted molar refractivity (Wildman–Crippen MR) is 110 cm³/mol. The van der Waals surface area contributed by atoms with E-state index in [1.54, 1.807) is 0 Å². The standard InChI is InChI=1S/C19H24F2N8O/c1-29-8-6-10-4-5-11(9-13(10)29)24-17-14(16(23)30)27-28-18(26-17)25-12-3-2-7-19(20,21)15(12)22/h4-6,8-9,12,15,24,27H,2-3,7,22H2,1H3,(H2,23,30)(H2,25,26,28)/t12-,15-/m1/s1. The molecule has 30 heavy (non-hydrogen) atoms. The van der Waals surface area contributed by atoms with Crippen molar-refractivity contribution in [1.82, 2.24) is 20.7 Å². The Balaban J connectivity index is 1.59. The Labute approximate surface area is 171 Å². The number of primary amides is 1. The van der Waals surface area contributed by atoms with Crippen LogP contribution in [0.2, 0.25) is 0 Å². The van der Waals surface area contributed by atoms with Gasteiger partial charge in [-0.25, -0.2) is 13.8 Å². The van der Waals surface area contributed by atoms with Gasteiger partial charge in [-0.05, 0) is 36.4 Å². The van der Waals surface area contributed by atoms with Crippen molar-refractivity contribution in [3.8, 4) is 0 Å². The molecule has 0 spiro atoms. The summed E-state index contributed by atoms with van der Waals surface area (Å²) in [7, 11) is 1.93. The highest BCUT2D eigenvalue weighted by Gasteiger charge is 2.45. The first kappa shape index (κ1) is 20.0. The minimum absolute atomic E-state index is 0.0548. The lowest BCUT2D eigenvalue weighted by molar-refractivity contribution is -0.115. The van der Waals surface area contributed by atoms with E-state index in [0.29, 0.717) is 18.5 Å². The number of carbonyl (C=O) groups excluding carboxylic acids is 1. The van der Waals surface area contributed by atoms with E-state index in [4.69, 9.17) is 11.5 Å². The van der Waals surface area contributed by atoms with Crippen molar-refractivity contribution in [2.75, 3.05) is 5.32 Å². The Morgan fingerprint density at radius 3 is 2.90 bits per heavy atom. The number of nitrogens with zero attached hydrogens (tertiary/aromatic N) is 2. The van der Waals surface area contributed by atoms with E-state index in [2.05, 4.69) is 26.5 Å². The van der Waals surface area contributed by atoms with Crippen molar-refractivity contribution in [2.24, 2.45) is 23.5 Å². The number of anilines is 1. The summed E-state index contributed by atoms with van der Waals surface area (Å²) >= 11 is 0. The summed E-state index contributed by atoms with van der Waals surface area (Å²) in [5, 5.41) is 7.10. The average molecular weight is 418 g/mol. The van der Waals surface area contributed by atoms with Crippen LogP contribution in [-0.4, -0.2) is 34.4 Å². The Morgan fingerprint density at radius 1 is 1.33 bits per heavy atom. The molecule has 0 bridgehead atoms. The van der Waals surface area contributed by atoms with Gasteiger partial charge in [0.25, 0.3) is 11.8 Å².